The van der Waals surface area contributed by atoms with E-state index >= 15 is 0 Å². The number of nitrogens with two attached hydrogens (primary N) is 1. The summed E-state index contributed by atoms with van der Waals surface area (Å²) in [6.07, 6.45) is 6.76. The molecule has 2 heterocycles. The molecule has 0 radical (unpaired) electrons. The Balaban J connectivity index is 1.86. The Morgan fingerprint density at radius 1 is 1.24 bits per heavy atom. The van der Waals surface area contributed by atoms with Gasteiger partial charge in [-0.1, -0.05) is 19.3 Å². The Hall–Kier alpha value is -0.420. The zero-order chi connectivity index (χ0) is 11.7. The van der Waals surface area contributed by atoms with E-state index in [-0.39, 0.29) is 0 Å². The molecule has 2 aromatic rings. The van der Waals surface area contributed by atoms with Crippen LogP contribution in [0.5, 0.6) is 0 Å². The van der Waals surface area contributed by atoms with Gasteiger partial charge >= 0.3 is 0 Å². The summed E-state index contributed by atoms with van der Waals surface area (Å²) in [4.78, 5) is 1.42. The molecule has 2 nitrogen and oxygen atoms in total. The number of hydrogen-bond donors (Lipinski definition) is 2. The van der Waals surface area contributed by atoms with Gasteiger partial charge in [-0.05, 0) is 36.3 Å². The van der Waals surface area contributed by atoms with Gasteiger partial charge < -0.3 is 0 Å². The molecule has 1 fully saturated rings. The van der Waals surface area contributed by atoms with Crippen LogP contribution >= 0.6 is 22.7 Å². The first kappa shape index (κ1) is 11.7. The fourth-order valence-corrected chi connectivity index (χ4v) is 5.13. The van der Waals surface area contributed by atoms with Crippen molar-refractivity contribution in [3.8, 4) is 0 Å². The van der Waals surface area contributed by atoms with Crippen molar-refractivity contribution in [2.24, 2.45) is 11.8 Å². The van der Waals surface area contributed by atoms with Crippen LogP contribution in [0.2, 0.25) is 0 Å². The maximum Gasteiger partial charge on any atom is 0.0582 e. The third-order valence-electron chi connectivity index (χ3n) is 3.77. The minimum absolute atomic E-state index is 0.361. The van der Waals surface area contributed by atoms with Gasteiger partial charge in [0.15, 0.2) is 0 Å². The number of hydrogen-bond acceptors (Lipinski definition) is 4. The van der Waals surface area contributed by atoms with Crippen molar-refractivity contribution in [2.75, 3.05) is 0 Å². The van der Waals surface area contributed by atoms with Crippen LogP contribution in [0.15, 0.2) is 17.5 Å². The Bertz CT molecular complexity index is 454. The van der Waals surface area contributed by atoms with Gasteiger partial charge in [0.25, 0.3) is 0 Å². The molecule has 0 spiro atoms. The first-order valence-corrected chi connectivity index (χ1v) is 8.01. The second kappa shape index (κ2) is 5.06. The zero-order valence-electron chi connectivity index (χ0n) is 9.82. The van der Waals surface area contributed by atoms with Crippen LogP contribution in [0.1, 0.15) is 43.0 Å². The number of hydrazine groups is 1. The van der Waals surface area contributed by atoms with Crippen molar-refractivity contribution >= 4 is 32.1 Å². The number of fused-ring (bicyclic) bond motifs is 1. The largest absolute Gasteiger partial charge is 0.271 e. The Labute approximate surface area is 110 Å². The molecule has 17 heavy (non-hydrogen) atoms. The number of rotatable bonds is 3. The molecule has 0 saturated heterocycles. The van der Waals surface area contributed by atoms with Crippen molar-refractivity contribution in [1.29, 1.82) is 0 Å². The highest BCUT2D eigenvalue weighted by Crippen LogP contribution is 2.39. The molecule has 1 saturated carbocycles. The van der Waals surface area contributed by atoms with Crippen molar-refractivity contribution in [1.82, 2.24) is 5.43 Å². The molecule has 1 unspecified atom stereocenters. The van der Waals surface area contributed by atoms with E-state index in [4.69, 9.17) is 5.84 Å². The van der Waals surface area contributed by atoms with Gasteiger partial charge in [0.05, 0.1) is 6.04 Å². The minimum atomic E-state index is 0.361. The van der Waals surface area contributed by atoms with Gasteiger partial charge in [0.1, 0.15) is 0 Å². The molecule has 92 valence electrons. The molecule has 3 rings (SSSR count). The average Bonchev–Trinajstić information content (AvgIpc) is 2.92. The van der Waals surface area contributed by atoms with Crippen LogP contribution in [-0.2, 0) is 0 Å². The van der Waals surface area contributed by atoms with E-state index in [1.165, 1.54) is 46.4 Å². The molecule has 1 aliphatic carbocycles. The summed E-state index contributed by atoms with van der Waals surface area (Å²) in [7, 11) is 0. The molecule has 2 aromatic heterocycles. The quantitative estimate of drug-likeness (QED) is 0.650. The summed E-state index contributed by atoms with van der Waals surface area (Å²) in [5, 5.41) is 2.16. The molecule has 1 aliphatic rings. The van der Waals surface area contributed by atoms with E-state index < -0.39 is 0 Å². The molecule has 4 heteroatoms. The summed E-state index contributed by atoms with van der Waals surface area (Å²) in [5.41, 5.74) is 3.05. The minimum Gasteiger partial charge on any atom is -0.271 e. The van der Waals surface area contributed by atoms with Crippen molar-refractivity contribution in [3.63, 3.8) is 0 Å². The van der Waals surface area contributed by atoms with Crippen LogP contribution in [0.25, 0.3) is 9.40 Å². The van der Waals surface area contributed by atoms with Crippen LogP contribution in [0, 0.1) is 5.92 Å². The second-order valence-electron chi connectivity index (χ2n) is 4.84. The summed E-state index contributed by atoms with van der Waals surface area (Å²) >= 11 is 3.72. The van der Waals surface area contributed by atoms with Gasteiger partial charge in [0.2, 0.25) is 0 Å². The van der Waals surface area contributed by atoms with Gasteiger partial charge in [-0.2, -0.15) is 0 Å². The van der Waals surface area contributed by atoms with Crippen LogP contribution in [0.4, 0.5) is 0 Å². The second-order valence-corrected chi connectivity index (χ2v) is 6.90. The summed E-state index contributed by atoms with van der Waals surface area (Å²) in [6, 6.07) is 4.90. The smallest absolute Gasteiger partial charge is 0.0582 e. The van der Waals surface area contributed by atoms with Crippen LogP contribution in [-0.4, -0.2) is 0 Å². The Morgan fingerprint density at radius 2 is 2.06 bits per heavy atom. The fraction of sp³-hybridized carbons (Fsp3) is 0.538. The third kappa shape index (κ3) is 2.27. The Kier molecular flexibility index (Phi) is 3.47. The van der Waals surface area contributed by atoms with Gasteiger partial charge in [-0.3, -0.25) is 11.3 Å². The maximum absolute atomic E-state index is 5.79. The van der Waals surface area contributed by atoms with E-state index in [1.54, 1.807) is 0 Å². The lowest BCUT2D eigenvalue weighted by Gasteiger charge is -2.29. The van der Waals surface area contributed by atoms with E-state index in [0.29, 0.717) is 6.04 Å². The molecular weight excluding hydrogens is 248 g/mol. The fourth-order valence-electron chi connectivity index (χ4n) is 2.86. The normalized spacial score (nSPS) is 19.8. The SMILES string of the molecule is NNC(c1cc2sccc2s1)C1CCCCC1. The first-order chi connectivity index (χ1) is 8.38. The molecule has 0 aromatic carbocycles. The van der Waals surface area contributed by atoms with E-state index in [1.807, 2.05) is 22.7 Å². The lowest BCUT2D eigenvalue weighted by molar-refractivity contribution is 0.276. The van der Waals surface area contributed by atoms with Gasteiger partial charge in [-0.25, -0.2) is 0 Å². The number of nitrogens with one attached hydrogen (secondary N) is 1. The van der Waals surface area contributed by atoms with Crippen molar-refractivity contribution < 1.29 is 0 Å². The molecule has 0 aliphatic heterocycles. The van der Waals surface area contributed by atoms with E-state index in [2.05, 4.69) is 22.9 Å². The maximum atomic E-state index is 5.79. The first-order valence-electron chi connectivity index (χ1n) is 6.31. The topological polar surface area (TPSA) is 38.0 Å². The molecule has 3 N–H and O–H groups in total. The highest BCUT2D eigenvalue weighted by molar-refractivity contribution is 7.26. The van der Waals surface area contributed by atoms with Crippen LogP contribution < -0.4 is 11.3 Å². The zero-order valence-corrected chi connectivity index (χ0v) is 11.4. The monoisotopic (exact) mass is 266 g/mol. The summed E-state index contributed by atoms with van der Waals surface area (Å²) in [6.45, 7) is 0. The third-order valence-corrected chi connectivity index (χ3v) is 5.94. The van der Waals surface area contributed by atoms with Crippen molar-refractivity contribution in [3.05, 3.63) is 22.4 Å². The van der Waals surface area contributed by atoms with Crippen molar-refractivity contribution in [2.45, 2.75) is 38.1 Å². The van der Waals surface area contributed by atoms with Crippen LogP contribution in [0.3, 0.4) is 0 Å². The average molecular weight is 266 g/mol. The van der Waals surface area contributed by atoms with Gasteiger partial charge in [-0.15, -0.1) is 22.7 Å². The molecule has 0 amide bonds. The Morgan fingerprint density at radius 3 is 2.76 bits per heavy atom. The number of thiophene rings is 2. The summed E-state index contributed by atoms with van der Waals surface area (Å²) < 4.78 is 2.81. The highest BCUT2D eigenvalue weighted by Gasteiger charge is 2.25. The highest BCUT2D eigenvalue weighted by atomic mass is 32.1. The molecular formula is C13H18N2S2. The predicted octanol–water partition coefficient (Wildman–Crippen LogP) is 4.05. The van der Waals surface area contributed by atoms with E-state index in [9.17, 15) is 0 Å². The molecule has 0 bridgehead atoms. The lowest BCUT2D eigenvalue weighted by atomic mass is 9.83. The van der Waals surface area contributed by atoms with E-state index in [0.717, 1.165) is 5.92 Å². The van der Waals surface area contributed by atoms with Gasteiger partial charge in [0, 0.05) is 14.3 Å². The lowest BCUT2D eigenvalue weighted by Crippen LogP contribution is -2.33. The summed E-state index contributed by atoms with van der Waals surface area (Å²) in [5.74, 6) is 6.51. The standard InChI is InChI=1S/C13H18N2S2/c14-15-13(9-4-2-1-3-5-9)12-8-11-10(17-12)6-7-16-11/h6-9,13,15H,1-5,14H2. The predicted molar refractivity (Wildman–Crippen MR) is 76.3 cm³/mol. The molecule has 1 atom stereocenters.